The molecule has 2 aromatic carbocycles. The first kappa shape index (κ1) is 14.2. The highest BCUT2D eigenvalue weighted by molar-refractivity contribution is 5.36. The predicted octanol–water partition coefficient (Wildman–Crippen LogP) is 3.92. The lowest BCUT2D eigenvalue weighted by molar-refractivity contribution is 0.0645. The standard InChI is InChI=1S/C19H22O2/c1-2-5-14-8-10-15(11-9-14)19(20)17-12-16-6-3-4-7-18(16)21-13-17/h3-4,6-11,17,19-20H,2,5,12-13H2,1H3. The molecule has 1 N–H and O–H groups in total. The monoisotopic (exact) mass is 282 g/mol. The van der Waals surface area contributed by atoms with Crippen LogP contribution in [0.1, 0.15) is 36.1 Å². The van der Waals surface area contributed by atoms with Gasteiger partial charge in [-0.3, -0.25) is 0 Å². The van der Waals surface area contributed by atoms with Gasteiger partial charge in [-0.2, -0.15) is 0 Å². The molecule has 1 heterocycles. The zero-order valence-electron chi connectivity index (χ0n) is 12.5. The number of ether oxygens (including phenoxy) is 1. The van der Waals surface area contributed by atoms with Crippen LogP contribution in [0.5, 0.6) is 5.75 Å². The van der Waals surface area contributed by atoms with Crippen LogP contribution in [0.15, 0.2) is 48.5 Å². The van der Waals surface area contributed by atoms with E-state index in [1.165, 1.54) is 11.1 Å². The number of hydrogen-bond acceptors (Lipinski definition) is 2. The maximum absolute atomic E-state index is 10.6. The second-order valence-electron chi connectivity index (χ2n) is 5.82. The highest BCUT2D eigenvalue weighted by Gasteiger charge is 2.26. The molecule has 1 aliphatic rings. The lowest BCUT2D eigenvalue weighted by atomic mass is 9.88. The van der Waals surface area contributed by atoms with E-state index >= 15 is 0 Å². The normalized spacial score (nSPS) is 18.7. The number of para-hydroxylation sites is 1. The molecule has 0 amide bonds. The van der Waals surface area contributed by atoms with E-state index in [0.717, 1.165) is 30.6 Å². The van der Waals surface area contributed by atoms with Gasteiger partial charge in [0.05, 0.1) is 12.7 Å². The Bertz CT molecular complexity index is 589. The Balaban J connectivity index is 1.72. The first-order valence-electron chi connectivity index (χ1n) is 7.75. The summed E-state index contributed by atoms with van der Waals surface area (Å²) in [7, 11) is 0. The quantitative estimate of drug-likeness (QED) is 0.921. The van der Waals surface area contributed by atoms with Crippen LogP contribution in [0.3, 0.4) is 0 Å². The molecule has 0 saturated heterocycles. The summed E-state index contributed by atoms with van der Waals surface area (Å²) in [5.41, 5.74) is 3.51. The Morgan fingerprint density at radius 3 is 2.67 bits per heavy atom. The van der Waals surface area contributed by atoms with Crippen LogP contribution in [-0.4, -0.2) is 11.7 Å². The van der Waals surface area contributed by atoms with E-state index in [1.807, 2.05) is 18.2 Å². The van der Waals surface area contributed by atoms with Gasteiger partial charge in [0.25, 0.3) is 0 Å². The lowest BCUT2D eigenvalue weighted by Gasteiger charge is -2.29. The molecule has 2 nitrogen and oxygen atoms in total. The molecule has 21 heavy (non-hydrogen) atoms. The van der Waals surface area contributed by atoms with Crippen molar-refractivity contribution < 1.29 is 9.84 Å². The van der Waals surface area contributed by atoms with Gasteiger partial charge in [0.1, 0.15) is 5.75 Å². The average molecular weight is 282 g/mol. The Labute approximate surface area is 126 Å². The third-order valence-corrected chi connectivity index (χ3v) is 4.21. The van der Waals surface area contributed by atoms with Gasteiger partial charge >= 0.3 is 0 Å². The summed E-state index contributed by atoms with van der Waals surface area (Å²) in [6.45, 7) is 2.76. The number of hydrogen-bond donors (Lipinski definition) is 1. The van der Waals surface area contributed by atoms with Crippen molar-refractivity contribution in [1.29, 1.82) is 0 Å². The summed E-state index contributed by atoms with van der Waals surface area (Å²) >= 11 is 0. The van der Waals surface area contributed by atoms with Gasteiger partial charge in [-0.25, -0.2) is 0 Å². The molecule has 0 spiro atoms. The molecule has 0 saturated carbocycles. The number of aryl methyl sites for hydroxylation is 1. The fourth-order valence-electron chi connectivity index (χ4n) is 3.00. The molecule has 0 fully saturated rings. The van der Waals surface area contributed by atoms with Crippen LogP contribution in [0.4, 0.5) is 0 Å². The number of aliphatic hydroxyl groups is 1. The average Bonchev–Trinajstić information content (AvgIpc) is 2.55. The number of benzene rings is 2. The summed E-state index contributed by atoms with van der Waals surface area (Å²) in [5, 5.41) is 10.6. The van der Waals surface area contributed by atoms with E-state index in [0.29, 0.717) is 6.61 Å². The molecule has 2 atom stereocenters. The molecule has 2 heteroatoms. The largest absolute Gasteiger partial charge is 0.493 e. The van der Waals surface area contributed by atoms with Crippen LogP contribution in [0.2, 0.25) is 0 Å². The minimum atomic E-state index is -0.464. The lowest BCUT2D eigenvalue weighted by Crippen LogP contribution is -2.26. The van der Waals surface area contributed by atoms with E-state index in [2.05, 4.69) is 37.3 Å². The van der Waals surface area contributed by atoms with Crippen LogP contribution < -0.4 is 4.74 Å². The van der Waals surface area contributed by atoms with Gasteiger partial charge in [-0.1, -0.05) is 55.8 Å². The van der Waals surface area contributed by atoms with E-state index in [9.17, 15) is 5.11 Å². The van der Waals surface area contributed by atoms with Crippen LogP contribution >= 0.6 is 0 Å². The zero-order valence-corrected chi connectivity index (χ0v) is 12.5. The van der Waals surface area contributed by atoms with E-state index in [1.54, 1.807) is 0 Å². The molecule has 2 aromatic rings. The second-order valence-corrected chi connectivity index (χ2v) is 5.82. The summed E-state index contributed by atoms with van der Waals surface area (Å²) in [6, 6.07) is 16.4. The molecule has 1 aliphatic heterocycles. The van der Waals surface area contributed by atoms with E-state index in [-0.39, 0.29) is 5.92 Å². The number of fused-ring (bicyclic) bond motifs is 1. The summed E-state index contributed by atoms with van der Waals surface area (Å²) in [4.78, 5) is 0. The molecule has 3 rings (SSSR count). The maximum Gasteiger partial charge on any atom is 0.122 e. The van der Waals surface area contributed by atoms with Crippen molar-refractivity contribution in [3.63, 3.8) is 0 Å². The van der Waals surface area contributed by atoms with Gasteiger partial charge in [-0.05, 0) is 35.6 Å². The Hall–Kier alpha value is -1.80. The second kappa shape index (κ2) is 6.31. The molecule has 0 bridgehead atoms. The number of aliphatic hydroxyl groups excluding tert-OH is 1. The molecule has 2 unspecified atom stereocenters. The molecule has 0 aromatic heterocycles. The van der Waals surface area contributed by atoms with E-state index in [4.69, 9.17) is 4.74 Å². The molecular weight excluding hydrogens is 260 g/mol. The fraction of sp³-hybridized carbons (Fsp3) is 0.368. The highest BCUT2D eigenvalue weighted by atomic mass is 16.5. The van der Waals surface area contributed by atoms with Crippen molar-refractivity contribution in [2.45, 2.75) is 32.3 Å². The van der Waals surface area contributed by atoms with Gasteiger partial charge in [0.15, 0.2) is 0 Å². The first-order valence-corrected chi connectivity index (χ1v) is 7.75. The predicted molar refractivity (Wildman–Crippen MR) is 84.5 cm³/mol. The van der Waals surface area contributed by atoms with Gasteiger partial charge < -0.3 is 9.84 Å². The Morgan fingerprint density at radius 2 is 1.90 bits per heavy atom. The van der Waals surface area contributed by atoms with Crippen molar-refractivity contribution >= 4 is 0 Å². The van der Waals surface area contributed by atoms with Crippen LogP contribution in [0, 0.1) is 5.92 Å². The van der Waals surface area contributed by atoms with Crippen LogP contribution in [0.25, 0.3) is 0 Å². The fourth-order valence-corrected chi connectivity index (χ4v) is 3.00. The molecule has 0 radical (unpaired) electrons. The number of rotatable bonds is 4. The van der Waals surface area contributed by atoms with Crippen molar-refractivity contribution in [2.75, 3.05) is 6.61 Å². The summed E-state index contributed by atoms with van der Waals surface area (Å²) in [5.74, 6) is 1.08. The van der Waals surface area contributed by atoms with Crippen molar-refractivity contribution in [2.24, 2.45) is 5.92 Å². The molecular formula is C19H22O2. The zero-order chi connectivity index (χ0) is 14.7. The SMILES string of the molecule is CCCc1ccc(C(O)C2COc3ccccc3C2)cc1. The maximum atomic E-state index is 10.6. The van der Waals surface area contributed by atoms with E-state index < -0.39 is 6.10 Å². The van der Waals surface area contributed by atoms with Gasteiger partial charge in [0.2, 0.25) is 0 Å². The third-order valence-electron chi connectivity index (χ3n) is 4.21. The van der Waals surface area contributed by atoms with Crippen molar-refractivity contribution in [3.05, 3.63) is 65.2 Å². The highest BCUT2D eigenvalue weighted by Crippen LogP contribution is 2.33. The summed E-state index contributed by atoms with van der Waals surface area (Å²) < 4.78 is 5.78. The minimum absolute atomic E-state index is 0.122. The van der Waals surface area contributed by atoms with Gasteiger partial charge in [0, 0.05) is 5.92 Å². The Kier molecular flexibility index (Phi) is 4.26. The topological polar surface area (TPSA) is 29.5 Å². The van der Waals surface area contributed by atoms with Crippen molar-refractivity contribution in [3.8, 4) is 5.75 Å². The Morgan fingerprint density at radius 1 is 1.14 bits per heavy atom. The van der Waals surface area contributed by atoms with Crippen LogP contribution in [-0.2, 0) is 12.8 Å². The molecule has 0 aliphatic carbocycles. The summed E-state index contributed by atoms with van der Waals surface area (Å²) in [6.07, 6.45) is 2.65. The third kappa shape index (κ3) is 3.11. The molecule has 110 valence electrons. The van der Waals surface area contributed by atoms with Gasteiger partial charge in [-0.15, -0.1) is 0 Å². The minimum Gasteiger partial charge on any atom is -0.493 e. The smallest absolute Gasteiger partial charge is 0.122 e. The first-order chi connectivity index (χ1) is 10.3. The van der Waals surface area contributed by atoms with Crippen molar-refractivity contribution in [1.82, 2.24) is 0 Å².